The number of rotatable bonds is 3. The summed E-state index contributed by atoms with van der Waals surface area (Å²) in [6, 6.07) is 50.6. The molecule has 394 valence electrons. The fourth-order valence-corrected chi connectivity index (χ4v) is 12.2. The van der Waals surface area contributed by atoms with Gasteiger partial charge in [-0.25, -0.2) is 4.85 Å². The van der Waals surface area contributed by atoms with Gasteiger partial charge < -0.3 is 18.1 Å². The quantitative estimate of drug-likeness (QED) is 0.162. The molecular weight excluding hydrogens is 949 g/mol. The lowest BCUT2D eigenvalue weighted by molar-refractivity contribution is 0.590. The maximum atomic E-state index is 9.96. The van der Waals surface area contributed by atoms with Crippen molar-refractivity contribution >= 4 is 93.0 Å². The molecule has 0 amide bonds. The minimum absolute atomic E-state index is 0.0887. The van der Waals surface area contributed by atoms with Crippen molar-refractivity contribution in [2.24, 2.45) is 0 Å². The molecule has 8 aromatic carbocycles. The molecular formula is C73H76N4O. The molecule has 0 aliphatic rings. The lowest BCUT2D eigenvalue weighted by Crippen LogP contribution is -2.11. The fourth-order valence-electron chi connectivity index (χ4n) is 12.2. The highest BCUT2D eigenvalue weighted by molar-refractivity contribution is 6.23. The second kappa shape index (κ2) is 16.7. The van der Waals surface area contributed by atoms with Gasteiger partial charge in [0.1, 0.15) is 11.3 Å². The van der Waals surface area contributed by atoms with Crippen LogP contribution < -0.4 is 0 Å². The van der Waals surface area contributed by atoms with Crippen LogP contribution >= 0.6 is 0 Å². The van der Waals surface area contributed by atoms with Gasteiger partial charge in [0, 0.05) is 43.1 Å². The van der Waals surface area contributed by atoms with Crippen molar-refractivity contribution in [1.82, 2.24) is 13.7 Å². The largest absolute Gasteiger partial charge is 0.454 e. The van der Waals surface area contributed by atoms with Crippen LogP contribution in [0.2, 0.25) is 0 Å². The first kappa shape index (κ1) is 51.2. The third-order valence-corrected chi connectivity index (χ3v) is 17.0. The van der Waals surface area contributed by atoms with E-state index >= 15 is 0 Å². The van der Waals surface area contributed by atoms with Crippen LogP contribution in [0.5, 0.6) is 0 Å². The summed E-state index contributed by atoms with van der Waals surface area (Å²) >= 11 is 0. The van der Waals surface area contributed by atoms with Crippen LogP contribution in [0.15, 0.2) is 138 Å². The Hall–Kier alpha value is -7.55. The molecule has 0 saturated carbocycles. The van der Waals surface area contributed by atoms with E-state index in [1.807, 2.05) is 0 Å². The summed E-state index contributed by atoms with van der Waals surface area (Å²) in [7, 11) is 0. The van der Waals surface area contributed by atoms with Gasteiger partial charge in [0.2, 0.25) is 5.69 Å². The molecule has 0 N–H and O–H groups in total. The Bertz CT molecular complexity index is 4330. The minimum Gasteiger partial charge on any atom is -0.454 e. The van der Waals surface area contributed by atoms with Gasteiger partial charge in [-0.15, -0.1) is 0 Å². The smallest absolute Gasteiger partial charge is 0.236 e. The number of hydrogen-bond acceptors (Lipinski definition) is 1. The molecule has 12 aromatic rings. The first-order valence-electron chi connectivity index (χ1n) is 28.1. The summed E-state index contributed by atoms with van der Waals surface area (Å²) in [5.74, 6) is 0. The van der Waals surface area contributed by atoms with E-state index in [1.54, 1.807) is 0 Å². The van der Waals surface area contributed by atoms with Crippen molar-refractivity contribution in [2.75, 3.05) is 0 Å². The molecule has 0 spiro atoms. The molecule has 4 heterocycles. The average molecular weight is 1030 g/mol. The number of para-hydroxylation sites is 1. The summed E-state index contributed by atoms with van der Waals surface area (Å²) in [6.45, 7) is 51.3. The first-order valence-corrected chi connectivity index (χ1v) is 28.1. The molecule has 0 bridgehead atoms. The zero-order valence-corrected chi connectivity index (χ0v) is 49.4. The van der Waals surface area contributed by atoms with Gasteiger partial charge in [-0.05, 0) is 145 Å². The highest BCUT2D eigenvalue weighted by Crippen LogP contribution is 2.54. The van der Waals surface area contributed by atoms with E-state index in [4.69, 9.17) is 9.26 Å². The van der Waals surface area contributed by atoms with E-state index in [2.05, 4.69) is 272 Å². The van der Waals surface area contributed by atoms with E-state index in [-0.39, 0.29) is 32.5 Å². The normalized spacial score (nSPS) is 13.5. The Morgan fingerprint density at radius 2 is 0.590 bits per heavy atom. The molecule has 0 saturated heterocycles. The third-order valence-electron chi connectivity index (χ3n) is 17.0. The van der Waals surface area contributed by atoms with Crippen LogP contribution in [0.3, 0.4) is 0 Å². The van der Waals surface area contributed by atoms with E-state index in [0.29, 0.717) is 5.69 Å². The van der Waals surface area contributed by atoms with Gasteiger partial charge in [-0.2, -0.15) is 0 Å². The maximum Gasteiger partial charge on any atom is 0.236 e. The third kappa shape index (κ3) is 7.83. The molecule has 0 aliphatic carbocycles. The lowest BCUT2D eigenvalue weighted by Gasteiger charge is -2.24. The van der Waals surface area contributed by atoms with Crippen molar-refractivity contribution in [3.05, 3.63) is 178 Å². The van der Waals surface area contributed by atoms with E-state index in [1.165, 1.54) is 54.9 Å². The number of nitrogens with zero attached hydrogens (tertiary/aromatic N) is 4. The Balaban J connectivity index is 1.38. The number of benzene rings is 8. The van der Waals surface area contributed by atoms with Gasteiger partial charge in [-0.3, -0.25) is 0 Å². The van der Waals surface area contributed by atoms with Gasteiger partial charge in [0.25, 0.3) is 0 Å². The SMILES string of the molecule is [C-]#[N+]c1c(-n2c3ccc(C(C)(C)C)cc3c3cc(C(C)(C)C)ccc32)c(-n2c3ccc(C(C)(C)C)cc3c3cc(C(C)(C)C)ccc32)c2oc3ccccc3c2c1-n1c2ccc(C(C)(C)C)cc2c2cc(C(C)(C)C)ccc21. The predicted molar refractivity (Wildman–Crippen MR) is 335 cm³/mol. The van der Waals surface area contributed by atoms with Crippen LogP contribution in [0, 0.1) is 6.57 Å². The first-order chi connectivity index (χ1) is 36.4. The number of aromatic nitrogens is 3. The molecule has 0 aliphatic heterocycles. The average Bonchev–Trinajstić information content (AvgIpc) is 4.31. The predicted octanol–water partition coefficient (Wildman–Crippen LogP) is 21.2. The molecule has 0 atom stereocenters. The summed E-state index contributed by atoms with van der Waals surface area (Å²) in [6.07, 6.45) is 0. The highest BCUT2D eigenvalue weighted by Gasteiger charge is 2.34. The highest BCUT2D eigenvalue weighted by atomic mass is 16.3. The van der Waals surface area contributed by atoms with Crippen LogP contribution in [-0.2, 0) is 32.5 Å². The Morgan fingerprint density at radius 1 is 0.321 bits per heavy atom. The second-order valence-corrected chi connectivity index (χ2v) is 28.7. The standard InChI is InChI=1S/C73H76N4O/c1-68(2,3)42-24-30-55-49(36-42)50-37-43(69(4,5)6)25-31-56(50)75(55)64-62-48-22-20-21-23-61(48)78-67(62)66(77-59-34-28-46(72(13,14)15)40-53(59)54-41-47(73(16,17)18)29-35-60(54)77)65(63(64)74-19)76-57-32-26-44(70(7,8)9)38-51(57)52-39-45(71(10,11)12)27-33-58(52)76/h20-41H,1-18H3. The Labute approximate surface area is 461 Å². The Kier molecular flexibility index (Phi) is 11.0. The molecule has 78 heavy (non-hydrogen) atoms. The molecule has 4 aromatic heterocycles. The van der Waals surface area contributed by atoms with Gasteiger partial charge in [-0.1, -0.05) is 179 Å². The molecule has 5 nitrogen and oxygen atoms in total. The number of hydrogen-bond donors (Lipinski definition) is 0. The molecule has 5 heteroatoms. The minimum atomic E-state index is -0.103. The second-order valence-electron chi connectivity index (χ2n) is 28.7. The number of fused-ring (bicyclic) bond motifs is 12. The van der Waals surface area contributed by atoms with E-state index < -0.39 is 0 Å². The summed E-state index contributed by atoms with van der Waals surface area (Å²) in [4.78, 5) is 4.95. The molecule has 0 unspecified atom stereocenters. The summed E-state index contributed by atoms with van der Waals surface area (Å²) in [5, 5.41) is 8.86. The maximum absolute atomic E-state index is 9.96. The molecule has 0 fully saturated rings. The topological polar surface area (TPSA) is 32.3 Å². The van der Waals surface area contributed by atoms with Crippen molar-refractivity contribution < 1.29 is 4.42 Å². The van der Waals surface area contributed by atoms with Gasteiger partial charge >= 0.3 is 0 Å². The zero-order valence-electron chi connectivity index (χ0n) is 49.4. The van der Waals surface area contributed by atoms with Crippen LogP contribution in [0.1, 0.15) is 158 Å². The van der Waals surface area contributed by atoms with Crippen molar-refractivity contribution in [3.8, 4) is 17.1 Å². The fraction of sp³-hybridized carbons (Fsp3) is 0.329. The van der Waals surface area contributed by atoms with E-state index in [9.17, 15) is 6.57 Å². The van der Waals surface area contributed by atoms with Crippen LogP contribution in [0.25, 0.3) is 109 Å². The van der Waals surface area contributed by atoms with Gasteiger partial charge in [0.15, 0.2) is 5.58 Å². The van der Waals surface area contributed by atoms with Gasteiger partial charge in [0.05, 0.1) is 51.0 Å². The lowest BCUT2D eigenvalue weighted by atomic mass is 9.85. The van der Waals surface area contributed by atoms with Crippen LogP contribution in [0.4, 0.5) is 5.69 Å². The number of furan rings is 1. The monoisotopic (exact) mass is 1020 g/mol. The Morgan fingerprint density at radius 3 is 0.872 bits per heavy atom. The summed E-state index contributed by atoms with van der Waals surface area (Å²) < 4.78 is 14.9. The molecule has 12 rings (SSSR count). The summed E-state index contributed by atoms with van der Waals surface area (Å²) in [5.41, 5.74) is 17.8. The van der Waals surface area contributed by atoms with Crippen LogP contribution in [-0.4, -0.2) is 13.7 Å². The van der Waals surface area contributed by atoms with E-state index in [0.717, 1.165) is 82.9 Å². The zero-order chi connectivity index (χ0) is 55.7. The van der Waals surface area contributed by atoms with Crippen molar-refractivity contribution in [2.45, 2.75) is 157 Å². The molecule has 0 radical (unpaired) electrons. The van der Waals surface area contributed by atoms with Crippen molar-refractivity contribution in [3.63, 3.8) is 0 Å². The van der Waals surface area contributed by atoms with Crippen molar-refractivity contribution in [1.29, 1.82) is 0 Å².